The highest BCUT2D eigenvalue weighted by atomic mass is 16.6. The van der Waals surface area contributed by atoms with Gasteiger partial charge in [-0.1, -0.05) is 6.08 Å². The summed E-state index contributed by atoms with van der Waals surface area (Å²) in [6, 6.07) is 4.77. The Bertz CT molecular complexity index is 419. The second kappa shape index (κ2) is 7.45. The second-order valence-corrected chi connectivity index (χ2v) is 3.87. The summed E-state index contributed by atoms with van der Waals surface area (Å²) >= 11 is 0. The SMILES string of the molecule is C=CCCOCCNc1ccc([N+](=O)[O-])cc1C. The summed E-state index contributed by atoms with van der Waals surface area (Å²) in [6.07, 6.45) is 2.66. The van der Waals surface area contributed by atoms with E-state index in [1.165, 1.54) is 6.07 Å². The summed E-state index contributed by atoms with van der Waals surface area (Å²) in [5, 5.41) is 13.8. The molecular formula is C13H18N2O3. The van der Waals surface area contributed by atoms with Gasteiger partial charge in [-0.05, 0) is 25.0 Å². The van der Waals surface area contributed by atoms with Crippen molar-refractivity contribution in [3.63, 3.8) is 0 Å². The summed E-state index contributed by atoms with van der Waals surface area (Å²) in [5.41, 5.74) is 1.86. The number of nitrogens with one attached hydrogen (secondary N) is 1. The molecule has 18 heavy (non-hydrogen) atoms. The predicted molar refractivity (Wildman–Crippen MR) is 72.0 cm³/mol. The van der Waals surface area contributed by atoms with Crippen molar-refractivity contribution < 1.29 is 9.66 Å². The molecule has 0 aliphatic carbocycles. The van der Waals surface area contributed by atoms with Crippen LogP contribution in [0.2, 0.25) is 0 Å². The Kier molecular flexibility index (Phi) is 5.87. The molecule has 1 rings (SSSR count). The highest BCUT2D eigenvalue weighted by Crippen LogP contribution is 2.20. The van der Waals surface area contributed by atoms with E-state index in [-0.39, 0.29) is 5.69 Å². The van der Waals surface area contributed by atoms with E-state index in [1.807, 2.05) is 13.0 Å². The van der Waals surface area contributed by atoms with E-state index in [0.717, 1.165) is 17.7 Å². The molecule has 0 aliphatic rings. The molecule has 0 radical (unpaired) electrons. The summed E-state index contributed by atoms with van der Waals surface area (Å²) in [6.45, 7) is 7.40. The van der Waals surface area contributed by atoms with Crippen molar-refractivity contribution in [3.8, 4) is 0 Å². The van der Waals surface area contributed by atoms with E-state index in [0.29, 0.717) is 19.8 Å². The van der Waals surface area contributed by atoms with E-state index in [2.05, 4.69) is 11.9 Å². The normalized spacial score (nSPS) is 10.1. The van der Waals surface area contributed by atoms with Gasteiger partial charge in [-0.15, -0.1) is 6.58 Å². The van der Waals surface area contributed by atoms with E-state index in [9.17, 15) is 10.1 Å². The van der Waals surface area contributed by atoms with E-state index in [4.69, 9.17) is 4.74 Å². The zero-order chi connectivity index (χ0) is 13.4. The lowest BCUT2D eigenvalue weighted by atomic mass is 10.2. The zero-order valence-electron chi connectivity index (χ0n) is 10.5. The van der Waals surface area contributed by atoms with E-state index >= 15 is 0 Å². The van der Waals surface area contributed by atoms with Crippen LogP contribution < -0.4 is 5.32 Å². The van der Waals surface area contributed by atoms with Gasteiger partial charge >= 0.3 is 0 Å². The van der Waals surface area contributed by atoms with Crippen molar-refractivity contribution in [2.45, 2.75) is 13.3 Å². The molecule has 5 nitrogen and oxygen atoms in total. The third-order valence-corrected chi connectivity index (χ3v) is 2.45. The van der Waals surface area contributed by atoms with E-state index in [1.54, 1.807) is 12.1 Å². The van der Waals surface area contributed by atoms with Crippen LogP contribution in [0, 0.1) is 17.0 Å². The minimum atomic E-state index is -0.394. The Morgan fingerprint density at radius 3 is 2.89 bits per heavy atom. The number of nitro groups is 1. The molecule has 1 aromatic rings. The minimum Gasteiger partial charge on any atom is -0.383 e. The molecule has 0 aliphatic heterocycles. The standard InChI is InChI=1S/C13H18N2O3/c1-3-4-8-18-9-7-14-13-6-5-12(15(16)17)10-11(13)2/h3,5-6,10,14H,1,4,7-9H2,2H3. The van der Waals surface area contributed by atoms with Crippen molar-refractivity contribution in [3.05, 3.63) is 46.5 Å². The first kappa shape index (κ1) is 14.2. The number of nitrogens with zero attached hydrogens (tertiary/aromatic N) is 1. The lowest BCUT2D eigenvalue weighted by Gasteiger charge is -2.09. The smallest absolute Gasteiger partial charge is 0.269 e. The molecule has 0 spiro atoms. The first-order valence-electron chi connectivity index (χ1n) is 5.82. The molecule has 1 N–H and O–H groups in total. The third-order valence-electron chi connectivity index (χ3n) is 2.45. The monoisotopic (exact) mass is 250 g/mol. The largest absolute Gasteiger partial charge is 0.383 e. The van der Waals surface area contributed by atoms with E-state index < -0.39 is 4.92 Å². The fourth-order valence-corrected chi connectivity index (χ4v) is 1.49. The average molecular weight is 250 g/mol. The fraction of sp³-hybridized carbons (Fsp3) is 0.385. The highest BCUT2D eigenvalue weighted by Gasteiger charge is 2.07. The first-order chi connectivity index (χ1) is 8.65. The topological polar surface area (TPSA) is 64.4 Å². The molecule has 1 aromatic carbocycles. The van der Waals surface area contributed by atoms with Gasteiger partial charge in [0.2, 0.25) is 0 Å². The van der Waals surface area contributed by atoms with Crippen LogP contribution in [-0.2, 0) is 4.74 Å². The first-order valence-corrected chi connectivity index (χ1v) is 5.82. The van der Waals surface area contributed by atoms with Crippen LogP contribution >= 0.6 is 0 Å². The molecule has 0 heterocycles. The van der Waals surface area contributed by atoms with Gasteiger partial charge in [0.15, 0.2) is 0 Å². The van der Waals surface area contributed by atoms with Crippen LogP contribution in [0.25, 0.3) is 0 Å². The minimum absolute atomic E-state index is 0.111. The molecule has 0 aromatic heterocycles. The molecule has 0 saturated carbocycles. The van der Waals surface area contributed by atoms with Crippen LogP contribution in [0.5, 0.6) is 0 Å². The molecule has 0 saturated heterocycles. The maximum absolute atomic E-state index is 10.6. The average Bonchev–Trinajstić information content (AvgIpc) is 2.35. The van der Waals surface area contributed by atoms with Crippen molar-refractivity contribution >= 4 is 11.4 Å². The Balaban J connectivity index is 2.38. The maximum Gasteiger partial charge on any atom is 0.269 e. The number of rotatable bonds is 8. The summed E-state index contributed by atoms with van der Waals surface area (Å²) in [5.74, 6) is 0. The van der Waals surface area contributed by atoms with Crippen LogP contribution in [0.3, 0.4) is 0 Å². The van der Waals surface area contributed by atoms with Crippen molar-refractivity contribution in [1.82, 2.24) is 0 Å². The number of anilines is 1. The predicted octanol–water partition coefficient (Wildman–Crippen LogP) is 2.91. The van der Waals surface area contributed by atoms with Gasteiger partial charge < -0.3 is 10.1 Å². The molecule has 0 amide bonds. The summed E-state index contributed by atoms with van der Waals surface area (Å²) in [4.78, 5) is 10.2. The number of aryl methyl sites for hydroxylation is 1. The second-order valence-electron chi connectivity index (χ2n) is 3.87. The van der Waals surface area contributed by atoms with Gasteiger partial charge in [0, 0.05) is 24.4 Å². The number of benzene rings is 1. The zero-order valence-corrected chi connectivity index (χ0v) is 10.5. The highest BCUT2D eigenvalue weighted by molar-refractivity contribution is 5.55. The summed E-state index contributed by atoms with van der Waals surface area (Å²) in [7, 11) is 0. The quantitative estimate of drug-likeness (QED) is 0.333. The fourth-order valence-electron chi connectivity index (χ4n) is 1.49. The molecule has 0 fully saturated rings. The molecular weight excluding hydrogens is 232 g/mol. The number of nitro benzene ring substituents is 1. The lowest BCUT2D eigenvalue weighted by molar-refractivity contribution is -0.384. The van der Waals surface area contributed by atoms with Crippen molar-refractivity contribution in [1.29, 1.82) is 0 Å². The molecule has 0 bridgehead atoms. The van der Waals surface area contributed by atoms with Crippen LogP contribution in [0.1, 0.15) is 12.0 Å². The van der Waals surface area contributed by atoms with Crippen LogP contribution in [0.15, 0.2) is 30.9 Å². The van der Waals surface area contributed by atoms with Crippen molar-refractivity contribution in [2.24, 2.45) is 0 Å². The van der Waals surface area contributed by atoms with Crippen molar-refractivity contribution in [2.75, 3.05) is 25.1 Å². The van der Waals surface area contributed by atoms with Gasteiger partial charge in [-0.3, -0.25) is 10.1 Å². The Labute approximate surface area is 107 Å². The molecule has 98 valence electrons. The van der Waals surface area contributed by atoms with Crippen LogP contribution in [0.4, 0.5) is 11.4 Å². The number of ether oxygens (including phenoxy) is 1. The molecule has 0 unspecified atom stereocenters. The molecule has 0 atom stereocenters. The third kappa shape index (κ3) is 4.55. The van der Waals surface area contributed by atoms with Crippen LogP contribution in [-0.4, -0.2) is 24.7 Å². The Hall–Kier alpha value is -1.88. The number of hydrogen-bond donors (Lipinski definition) is 1. The Morgan fingerprint density at radius 1 is 1.50 bits per heavy atom. The van der Waals surface area contributed by atoms with Gasteiger partial charge in [-0.25, -0.2) is 0 Å². The Morgan fingerprint density at radius 2 is 2.28 bits per heavy atom. The van der Waals surface area contributed by atoms with Gasteiger partial charge in [-0.2, -0.15) is 0 Å². The maximum atomic E-state index is 10.6. The number of hydrogen-bond acceptors (Lipinski definition) is 4. The van der Waals surface area contributed by atoms with Gasteiger partial charge in [0.05, 0.1) is 18.1 Å². The summed E-state index contributed by atoms with van der Waals surface area (Å²) < 4.78 is 5.36. The van der Waals surface area contributed by atoms with Gasteiger partial charge in [0.25, 0.3) is 5.69 Å². The van der Waals surface area contributed by atoms with Gasteiger partial charge in [0.1, 0.15) is 0 Å². The molecule has 5 heteroatoms. The lowest BCUT2D eigenvalue weighted by Crippen LogP contribution is -2.10. The number of non-ortho nitro benzene ring substituents is 1.